The van der Waals surface area contributed by atoms with Crippen molar-refractivity contribution in [3.05, 3.63) is 94.4 Å². The molecule has 188 valence electrons. The van der Waals surface area contributed by atoms with Gasteiger partial charge in [-0.15, -0.1) is 0 Å². The molecule has 1 aliphatic rings. The number of rotatable bonds is 8. The molecule has 0 spiro atoms. The Morgan fingerprint density at radius 3 is 2.24 bits per heavy atom. The summed E-state index contributed by atoms with van der Waals surface area (Å²) in [6.07, 6.45) is 1.52. The summed E-state index contributed by atoms with van der Waals surface area (Å²) in [4.78, 5) is 51.3. The number of benzene rings is 3. The van der Waals surface area contributed by atoms with Gasteiger partial charge in [-0.25, -0.2) is 0 Å². The smallest absolute Gasteiger partial charge is 0.294 e. The third-order valence-corrected chi connectivity index (χ3v) is 6.21. The van der Waals surface area contributed by atoms with Crippen molar-refractivity contribution in [2.75, 3.05) is 23.8 Å². The summed E-state index contributed by atoms with van der Waals surface area (Å²) in [6.45, 7) is 3.20. The Hall–Kier alpha value is -4.37. The van der Waals surface area contributed by atoms with Crippen LogP contribution in [0.3, 0.4) is 0 Å². The average Bonchev–Trinajstić information content (AvgIpc) is 3.10. The second kappa shape index (κ2) is 11.6. The lowest BCUT2D eigenvalue weighted by Crippen LogP contribution is -2.36. The molecule has 3 aromatic carbocycles. The summed E-state index contributed by atoms with van der Waals surface area (Å²) in [6, 6.07) is 21.5. The molecule has 0 aromatic heterocycles. The SMILES string of the molecule is Cc1cc(C)cc(NC(=O)CN2C(=O)S/C(=C/c3ccccc3OCC(=O)Nc3ccccc3)C2=O)c1. The Morgan fingerprint density at radius 1 is 0.865 bits per heavy atom. The van der Waals surface area contributed by atoms with Crippen LogP contribution in [0.15, 0.2) is 77.7 Å². The molecule has 4 amide bonds. The molecule has 3 aromatic rings. The fraction of sp³-hybridized carbons (Fsp3) is 0.143. The minimum absolute atomic E-state index is 0.161. The molecule has 1 saturated heterocycles. The summed E-state index contributed by atoms with van der Waals surface area (Å²) in [7, 11) is 0. The van der Waals surface area contributed by atoms with Crippen molar-refractivity contribution in [1.29, 1.82) is 0 Å². The minimum atomic E-state index is -0.567. The van der Waals surface area contributed by atoms with Gasteiger partial charge in [-0.1, -0.05) is 42.5 Å². The van der Waals surface area contributed by atoms with Crippen LogP contribution >= 0.6 is 11.8 Å². The predicted molar refractivity (Wildman–Crippen MR) is 144 cm³/mol. The van der Waals surface area contributed by atoms with Gasteiger partial charge >= 0.3 is 0 Å². The van der Waals surface area contributed by atoms with E-state index in [1.807, 2.05) is 50.2 Å². The van der Waals surface area contributed by atoms with E-state index in [0.717, 1.165) is 27.8 Å². The number of imide groups is 1. The molecule has 0 atom stereocenters. The number of hydrogen-bond donors (Lipinski definition) is 2. The highest BCUT2D eigenvalue weighted by Gasteiger charge is 2.36. The third-order valence-electron chi connectivity index (χ3n) is 5.30. The molecule has 0 unspecified atom stereocenters. The Kier molecular flexibility index (Phi) is 8.05. The quantitative estimate of drug-likeness (QED) is 0.409. The lowest BCUT2D eigenvalue weighted by atomic mass is 10.1. The number of anilines is 2. The van der Waals surface area contributed by atoms with Crippen molar-refractivity contribution in [3.8, 4) is 5.75 Å². The normalized spacial score (nSPS) is 14.1. The van der Waals surface area contributed by atoms with Crippen LogP contribution < -0.4 is 15.4 Å². The number of para-hydroxylation sites is 2. The van der Waals surface area contributed by atoms with Gasteiger partial charge in [-0.3, -0.25) is 24.1 Å². The van der Waals surface area contributed by atoms with E-state index in [2.05, 4.69) is 10.6 Å². The topological polar surface area (TPSA) is 105 Å². The zero-order valence-electron chi connectivity index (χ0n) is 20.3. The van der Waals surface area contributed by atoms with E-state index >= 15 is 0 Å². The van der Waals surface area contributed by atoms with E-state index in [1.165, 1.54) is 6.08 Å². The van der Waals surface area contributed by atoms with Gasteiger partial charge in [0.1, 0.15) is 12.3 Å². The number of nitrogens with one attached hydrogen (secondary N) is 2. The van der Waals surface area contributed by atoms with Crippen molar-refractivity contribution in [3.63, 3.8) is 0 Å². The molecule has 0 bridgehead atoms. The van der Waals surface area contributed by atoms with Crippen LogP contribution in [0, 0.1) is 13.8 Å². The molecule has 4 rings (SSSR count). The maximum Gasteiger partial charge on any atom is 0.294 e. The van der Waals surface area contributed by atoms with Crippen LogP contribution in [-0.2, 0) is 14.4 Å². The lowest BCUT2D eigenvalue weighted by Gasteiger charge is -2.13. The van der Waals surface area contributed by atoms with Gasteiger partial charge in [-0.05, 0) is 73.1 Å². The molecule has 8 nitrogen and oxygen atoms in total. The molecule has 0 radical (unpaired) electrons. The van der Waals surface area contributed by atoms with Crippen molar-refractivity contribution >= 4 is 52.2 Å². The standard InChI is InChI=1S/C28H25N3O5S/c1-18-12-19(2)14-22(13-18)30-25(32)16-31-27(34)24(37-28(31)35)15-20-8-6-7-11-23(20)36-17-26(33)29-21-9-4-3-5-10-21/h3-15H,16-17H2,1-2H3,(H,29,33)(H,30,32)/b24-15+. The first-order valence-corrected chi connectivity index (χ1v) is 12.3. The van der Waals surface area contributed by atoms with Crippen LogP contribution in [-0.4, -0.2) is 41.0 Å². The zero-order valence-corrected chi connectivity index (χ0v) is 21.1. The van der Waals surface area contributed by atoms with Crippen molar-refractivity contribution in [2.45, 2.75) is 13.8 Å². The Morgan fingerprint density at radius 2 is 1.51 bits per heavy atom. The van der Waals surface area contributed by atoms with E-state index in [0.29, 0.717) is 22.7 Å². The Labute approximate surface area is 218 Å². The van der Waals surface area contributed by atoms with Gasteiger partial charge in [0.05, 0.1) is 4.91 Å². The maximum atomic E-state index is 12.9. The van der Waals surface area contributed by atoms with Crippen molar-refractivity contribution < 1.29 is 23.9 Å². The first-order chi connectivity index (χ1) is 17.8. The molecule has 37 heavy (non-hydrogen) atoms. The van der Waals surface area contributed by atoms with E-state index in [9.17, 15) is 19.2 Å². The Bertz CT molecular complexity index is 1370. The number of carbonyl (C=O) groups is 4. The monoisotopic (exact) mass is 515 g/mol. The first-order valence-electron chi connectivity index (χ1n) is 11.5. The fourth-order valence-electron chi connectivity index (χ4n) is 3.76. The van der Waals surface area contributed by atoms with E-state index in [-0.39, 0.29) is 17.4 Å². The van der Waals surface area contributed by atoms with E-state index < -0.39 is 23.6 Å². The molecular formula is C28H25N3O5S. The van der Waals surface area contributed by atoms with E-state index in [4.69, 9.17) is 4.74 Å². The summed E-state index contributed by atoms with van der Waals surface area (Å²) >= 11 is 0.748. The molecule has 9 heteroatoms. The lowest BCUT2D eigenvalue weighted by molar-refractivity contribution is -0.127. The highest BCUT2D eigenvalue weighted by molar-refractivity contribution is 8.18. The second-order valence-electron chi connectivity index (χ2n) is 8.43. The number of nitrogens with zero attached hydrogens (tertiary/aromatic N) is 1. The fourth-order valence-corrected chi connectivity index (χ4v) is 4.59. The summed E-state index contributed by atoms with van der Waals surface area (Å²) < 4.78 is 5.68. The second-order valence-corrected chi connectivity index (χ2v) is 9.43. The van der Waals surface area contributed by atoms with Gasteiger partial charge in [0, 0.05) is 16.9 Å². The highest BCUT2D eigenvalue weighted by Crippen LogP contribution is 2.34. The molecule has 0 saturated carbocycles. The first kappa shape index (κ1) is 25.7. The number of amides is 4. The summed E-state index contributed by atoms with van der Waals surface area (Å²) in [5.41, 5.74) is 3.76. The molecule has 1 fully saturated rings. The highest BCUT2D eigenvalue weighted by atomic mass is 32.2. The molecule has 2 N–H and O–H groups in total. The van der Waals surface area contributed by atoms with Crippen LogP contribution in [0.4, 0.5) is 16.2 Å². The van der Waals surface area contributed by atoms with Crippen LogP contribution in [0.5, 0.6) is 5.75 Å². The van der Waals surface area contributed by atoms with Crippen molar-refractivity contribution in [1.82, 2.24) is 4.90 Å². The van der Waals surface area contributed by atoms with E-state index in [1.54, 1.807) is 36.4 Å². The number of aryl methyl sites for hydroxylation is 2. The van der Waals surface area contributed by atoms with Crippen LogP contribution in [0.1, 0.15) is 16.7 Å². The molecule has 1 aliphatic heterocycles. The maximum absolute atomic E-state index is 12.9. The number of hydrogen-bond acceptors (Lipinski definition) is 6. The summed E-state index contributed by atoms with van der Waals surface area (Å²) in [5, 5.41) is 4.94. The zero-order chi connectivity index (χ0) is 26.4. The van der Waals surface area contributed by atoms with Gasteiger partial charge in [-0.2, -0.15) is 0 Å². The van der Waals surface area contributed by atoms with Gasteiger partial charge in [0.2, 0.25) is 5.91 Å². The molecule has 0 aliphatic carbocycles. The van der Waals surface area contributed by atoms with Gasteiger partial charge in [0.15, 0.2) is 6.61 Å². The van der Waals surface area contributed by atoms with Gasteiger partial charge in [0.25, 0.3) is 17.1 Å². The predicted octanol–water partition coefficient (Wildman–Crippen LogP) is 5.00. The number of carbonyl (C=O) groups excluding carboxylic acids is 4. The van der Waals surface area contributed by atoms with Crippen LogP contribution in [0.2, 0.25) is 0 Å². The van der Waals surface area contributed by atoms with Gasteiger partial charge < -0.3 is 15.4 Å². The third kappa shape index (κ3) is 6.86. The minimum Gasteiger partial charge on any atom is -0.483 e. The number of thioether (sulfide) groups is 1. The average molecular weight is 516 g/mol. The van der Waals surface area contributed by atoms with Crippen LogP contribution in [0.25, 0.3) is 6.08 Å². The molecule has 1 heterocycles. The largest absolute Gasteiger partial charge is 0.483 e. The number of ether oxygens (including phenoxy) is 1. The molecular weight excluding hydrogens is 490 g/mol. The van der Waals surface area contributed by atoms with Crippen molar-refractivity contribution in [2.24, 2.45) is 0 Å². The summed E-state index contributed by atoms with van der Waals surface area (Å²) in [5.74, 6) is -0.995. The Balaban J connectivity index is 1.40.